The maximum atomic E-state index is 9.48. The SMILES string of the molecule is CC(O)c1csnc1OCc1ccccc1. The fourth-order valence-corrected chi connectivity index (χ4v) is 2.06. The summed E-state index contributed by atoms with van der Waals surface area (Å²) in [5.74, 6) is 0.531. The third-order valence-electron chi connectivity index (χ3n) is 2.23. The summed E-state index contributed by atoms with van der Waals surface area (Å²) in [5.41, 5.74) is 1.84. The predicted molar refractivity (Wildman–Crippen MR) is 63.5 cm³/mol. The van der Waals surface area contributed by atoms with Gasteiger partial charge in [0.25, 0.3) is 0 Å². The summed E-state index contributed by atoms with van der Waals surface area (Å²) in [6, 6.07) is 9.89. The molecule has 3 nitrogen and oxygen atoms in total. The lowest BCUT2D eigenvalue weighted by atomic mass is 10.2. The molecular formula is C12H13NO2S. The number of benzene rings is 1. The van der Waals surface area contributed by atoms with Crippen molar-refractivity contribution in [1.29, 1.82) is 0 Å². The van der Waals surface area contributed by atoms with Crippen molar-refractivity contribution in [2.24, 2.45) is 0 Å². The minimum absolute atomic E-state index is 0.476. The Kier molecular flexibility index (Phi) is 3.54. The molecule has 0 bridgehead atoms. The highest BCUT2D eigenvalue weighted by atomic mass is 32.1. The molecule has 1 heterocycles. The first-order valence-corrected chi connectivity index (χ1v) is 5.90. The molecule has 0 amide bonds. The normalized spacial score (nSPS) is 12.4. The van der Waals surface area contributed by atoms with Crippen LogP contribution in [0.15, 0.2) is 35.7 Å². The molecule has 1 aromatic carbocycles. The van der Waals surface area contributed by atoms with Crippen molar-refractivity contribution in [2.75, 3.05) is 0 Å². The fourth-order valence-electron chi connectivity index (χ4n) is 1.35. The summed E-state index contributed by atoms with van der Waals surface area (Å²) in [6.07, 6.45) is -0.537. The topological polar surface area (TPSA) is 42.4 Å². The van der Waals surface area contributed by atoms with E-state index in [1.807, 2.05) is 35.7 Å². The molecule has 0 aliphatic rings. The molecule has 1 aromatic heterocycles. The van der Waals surface area contributed by atoms with E-state index in [0.717, 1.165) is 11.1 Å². The van der Waals surface area contributed by atoms with Gasteiger partial charge in [0.15, 0.2) is 0 Å². The molecule has 2 aromatic rings. The summed E-state index contributed by atoms with van der Waals surface area (Å²) in [7, 11) is 0. The zero-order valence-corrected chi connectivity index (χ0v) is 9.78. The monoisotopic (exact) mass is 235 g/mol. The molecule has 1 atom stereocenters. The largest absolute Gasteiger partial charge is 0.472 e. The Morgan fingerprint density at radius 2 is 2.12 bits per heavy atom. The number of ether oxygens (including phenoxy) is 1. The van der Waals surface area contributed by atoms with Crippen LogP contribution < -0.4 is 4.74 Å². The standard InChI is InChI=1S/C12H13NO2S/c1-9(14)11-8-16-13-12(11)15-7-10-5-3-2-4-6-10/h2-6,8-9,14H,7H2,1H3. The average molecular weight is 235 g/mol. The van der Waals surface area contributed by atoms with Crippen LogP contribution in [-0.4, -0.2) is 9.48 Å². The van der Waals surface area contributed by atoms with E-state index in [1.54, 1.807) is 6.92 Å². The third-order valence-corrected chi connectivity index (χ3v) is 2.86. The summed E-state index contributed by atoms with van der Waals surface area (Å²) in [4.78, 5) is 0. The van der Waals surface area contributed by atoms with Crippen LogP contribution in [0.1, 0.15) is 24.2 Å². The van der Waals surface area contributed by atoms with Gasteiger partial charge in [0.2, 0.25) is 5.88 Å². The van der Waals surface area contributed by atoms with Crippen LogP contribution in [0.25, 0.3) is 0 Å². The summed E-state index contributed by atoms with van der Waals surface area (Å²) < 4.78 is 9.68. The highest BCUT2D eigenvalue weighted by Gasteiger charge is 2.11. The van der Waals surface area contributed by atoms with Gasteiger partial charge in [-0.15, -0.1) is 0 Å². The fraction of sp³-hybridized carbons (Fsp3) is 0.250. The number of rotatable bonds is 4. The second-order valence-corrected chi connectivity index (χ2v) is 4.15. The minimum Gasteiger partial charge on any atom is -0.472 e. The zero-order chi connectivity index (χ0) is 11.4. The van der Waals surface area contributed by atoms with Gasteiger partial charge in [-0.25, -0.2) is 0 Å². The molecule has 0 fully saturated rings. The van der Waals surface area contributed by atoms with Crippen LogP contribution in [0.5, 0.6) is 5.88 Å². The lowest BCUT2D eigenvalue weighted by Crippen LogP contribution is -1.99. The number of hydrogen-bond donors (Lipinski definition) is 1. The number of aliphatic hydroxyl groups excluding tert-OH is 1. The van der Waals surface area contributed by atoms with Crippen molar-refractivity contribution in [3.63, 3.8) is 0 Å². The van der Waals surface area contributed by atoms with E-state index in [0.29, 0.717) is 12.5 Å². The van der Waals surface area contributed by atoms with E-state index in [2.05, 4.69) is 4.37 Å². The molecule has 0 saturated carbocycles. The van der Waals surface area contributed by atoms with Crippen molar-refractivity contribution < 1.29 is 9.84 Å². The van der Waals surface area contributed by atoms with Gasteiger partial charge in [-0.05, 0) is 24.0 Å². The number of aliphatic hydroxyl groups is 1. The molecule has 16 heavy (non-hydrogen) atoms. The lowest BCUT2D eigenvalue weighted by Gasteiger charge is -2.07. The van der Waals surface area contributed by atoms with Gasteiger partial charge in [0, 0.05) is 5.38 Å². The Labute approximate surface area is 98.5 Å². The molecule has 2 rings (SSSR count). The first-order valence-electron chi connectivity index (χ1n) is 5.06. The Morgan fingerprint density at radius 1 is 1.38 bits per heavy atom. The summed E-state index contributed by atoms with van der Waals surface area (Å²) in [6.45, 7) is 2.18. The molecule has 1 unspecified atom stereocenters. The Bertz CT molecular complexity index is 439. The van der Waals surface area contributed by atoms with Gasteiger partial charge in [0.05, 0.1) is 11.7 Å². The van der Waals surface area contributed by atoms with Crippen LogP contribution in [0.4, 0.5) is 0 Å². The number of nitrogens with zero attached hydrogens (tertiary/aromatic N) is 1. The van der Waals surface area contributed by atoms with Crippen LogP contribution in [0.3, 0.4) is 0 Å². The first-order chi connectivity index (χ1) is 7.77. The second kappa shape index (κ2) is 5.09. The first kappa shape index (κ1) is 11.1. The van der Waals surface area contributed by atoms with Gasteiger partial charge in [0.1, 0.15) is 6.61 Å². The van der Waals surface area contributed by atoms with E-state index in [1.165, 1.54) is 11.5 Å². The van der Waals surface area contributed by atoms with E-state index in [-0.39, 0.29) is 0 Å². The third kappa shape index (κ3) is 2.59. The Balaban J connectivity index is 2.02. The van der Waals surface area contributed by atoms with Crippen LogP contribution in [0, 0.1) is 0 Å². The second-order valence-electron chi connectivity index (χ2n) is 3.53. The maximum Gasteiger partial charge on any atom is 0.231 e. The van der Waals surface area contributed by atoms with Gasteiger partial charge >= 0.3 is 0 Å². The van der Waals surface area contributed by atoms with Crippen molar-refractivity contribution in [2.45, 2.75) is 19.6 Å². The Morgan fingerprint density at radius 3 is 2.81 bits per heavy atom. The van der Waals surface area contributed by atoms with E-state index in [9.17, 15) is 5.11 Å². The zero-order valence-electron chi connectivity index (χ0n) is 8.96. The molecule has 0 radical (unpaired) electrons. The van der Waals surface area contributed by atoms with Crippen molar-refractivity contribution in [1.82, 2.24) is 4.37 Å². The molecule has 84 valence electrons. The molecule has 0 spiro atoms. The lowest BCUT2D eigenvalue weighted by molar-refractivity contribution is 0.189. The molecule has 4 heteroatoms. The maximum absolute atomic E-state index is 9.48. The van der Waals surface area contributed by atoms with Crippen LogP contribution in [-0.2, 0) is 6.61 Å². The van der Waals surface area contributed by atoms with Gasteiger partial charge in [-0.1, -0.05) is 30.3 Å². The van der Waals surface area contributed by atoms with Crippen LogP contribution >= 0.6 is 11.5 Å². The van der Waals surface area contributed by atoms with Gasteiger partial charge in [-0.3, -0.25) is 0 Å². The molecule has 0 aliphatic heterocycles. The number of aromatic nitrogens is 1. The smallest absolute Gasteiger partial charge is 0.231 e. The summed E-state index contributed by atoms with van der Waals surface area (Å²) >= 11 is 1.29. The van der Waals surface area contributed by atoms with Crippen molar-refractivity contribution >= 4 is 11.5 Å². The molecule has 0 saturated heterocycles. The Hall–Kier alpha value is -1.39. The average Bonchev–Trinajstić information content (AvgIpc) is 2.76. The predicted octanol–water partition coefficient (Wildman–Crippen LogP) is 2.78. The summed E-state index contributed by atoms with van der Waals surface area (Å²) in [5, 5.41) is 11.3. The van der Waals surface area contributed by atoms with E-state index >= 15 is 0 Å². The van der Waals surface area contributed by atoms with E-state index in [4.69, 9.17) is 4.74 Å². The number of hydrogen-bond acceptors (Lipinski definition) is 4. The molecular weight excluding hydrogens is 222 g/mol. The van der Waals surface area contributed by atoms with E-state index < -0.39 is 6.10 Å². The molecule has 0 aliphatic carbocycles. The molecule has 1 N–H and O–H groups in total. The van der Waals surface area contributed by atoms with Crippen molar-refractivity contribution in [3.05, 3.63) is 46.8 Å². The van der Waals surface area contributed by atoms with Gasteiger partial charge in [-0.2, -0.15) is 4.37 Å². The quantitative estimate of drug-likeness (QED) is 0.886. The minimum atomic E-state index is -0.537. The van der Waals surface area contributed by atoms with Gasteiger partial charge < -0.3 is 9.84 Å². The highest BCUT2D eigenvalue weighted by molar-refractivity contribution is 7.03. The van der Waals surface area contributed by atoms with Crippen molar-refractivity contribution in [3.8, 4) is 5.88 Å². The van der Waals surface area contributed by atoms with Crippen LogP contribution in [0.2, 0.25) is 0 Å². The highest BCUT2D eigenvalue weighted by Crippen LogP contribution is 2.26.